The van der Waals surface area contributed by atoms with Crippen LogP contribution in [0.4, 0.5) is 5.69 Å². The molecule has 0 radical (unpaired) electrons. The van der Waals surface area contributed by atoms with E-state index in [1.165, 1.54) is 5.56 Å². The minimum atomic E-state index is 0.434. The predicted octanol–water partition coefficient (Wildman–Crippen LogP) is 5.20. The van der Waals surface area contributed by atoms with Gasteiger partial charge in [-0.25, -0.2) is 0 Å². The summed E-state index contributed by atoms with van der Waals surface area (Å²) in [6.07, 6.45) is 3.59. The van der Waals surface area contributed by atoms with Crippen LogP contribution >= 0.6 is 12.2 Å². The van der Waals surface area contributed by atoms with Crippen molar-refractivity contribution in [2.75, 3.05) is 18.5 Å². The fraction of sp³-hybridized carbons (Fsp3) is 0.364. The van der Waals surface area contributed by atoms with Gasteiger partial charge in [0, 0.05) is 17.3 Å². The van der Waals surface area contributed by atoms with Crippen LogP contribution < -0.4 is 20.2 Å². The summed E-state index contributed by atoms with van der Waals surface area (Å²) >= 11 is 5.34. The molecule has 0 amide bonds. The summed E-state index contributed by atoms with van der Waals surface area (Å²) in [5, 5.41) is 7.86. The Kier molecular flexibility index (Phi) is 8.75. The average molecular weight is 400 g/mol. The monoisotopic (exact) mass is 399 g/mol. The van der Waals surface area contributed by atoms with Crippen LogP contribution in [0.3, 0.4) is 0 Å². The molecule has 5 nitrogen and oxygen atoms in total. The maximum atomic E-state index is 5.84. The van der Waals surface area contributed by atoms with Gasteiger partial charge in [-0.15, -0.1) is 0 Å². The molecule has 2 aromatic rings. The topological polar surface area (TPSA) is 54.9 Å². The molecule has 0 bridgehead atoms. The van der Waals surface area contributed by atoms with Gasteiger partial charge >= 0.3 is 0 Å². The second-order valence-corrected chi connectivity index (χ2v) is 6.88. The molecule has 0 fully saturated rings. The third kappa shape index (κ3) is 6.53. The summed E-state index contributed by atoms with van der Waals surface area (Å²) in [5.41, 5.74) is 7.06. The molecule has 6 heteroatoms. The number of anilines is 1. The zero-order chi connectivity index (χ0) is 20.4. The number of nitrogens with zero attached hydrogens (tertiary/aromatic N) is 1. The van der Waals surface area contributed by atoms with Crippen molar-refractivity contribution in [3.8, 4) is 11.5 Å². The summed E-state index contributed by atoms with van der Waals surface area (Å²) in [4.78, 5) is 0. The highest BCUT2D eigenvalue weighted by molar-refractivity contribution is 7.80. The van der Waals surface area contributed by atoms with Crippen molar-refractivity contribution in [1.29, 1.82) is 0 Å². The lowest BCUT2D eigenvalue weighted by molar-refractivity contribution is 0.301. The summed E-state index contributed by atoms with van der Waals surface area (Å²) in [6.45, 7) is 9.60. The zero-order valence-electron chi connectivity index (χ0n) is 17.0. The van der Waals surface area contributed by atoms with E-state index in [1.54, 1.807) is 6.21 Å². The highest BCUT2D eigenvalue weighted by atomic mass is 32.1. The number of hydrogen-bond donors (Lipinski definition) is 2. The van der Waals surface area contributed by atoms with Gasteiger partial charge in [0.05, 0.1) is 19.4 Å². The van der Waals surface area contributed by atoms with Crippen LogP contribution in [0.25, 0.3) is 0 Å². The first-order valence-corrected chi connectivity index (χ1v) is 10.0. The Labute approximate surface area is 173 Å². The number of benzene rings is 2. The van der Waals surface area contributed by atoms with Crippen molar-refractivity contribution in [3.05, 3.63) is 53.1 Å². The average Bonchev–Trinajstić information content (AvgIpc) is 2.69. The number of ether oxygens (including phenoxy) is 2. The summed E-state index contributed by atoms with van der Waals surface area (Å²) in [7, 11) is 0. The lowest BCUT2D eigenvalue weighted by atomic mass is 10.1. The molecule has 0 aliphatic carbocycles. The Bertz CT molecular complexity index is 821. The van der Waals surface area contributed by atoms with E-state index < -0.39 is 0 Å². The van der Waals surface area contributed by atoms with Crippen LogP contribution in [0.2, 0.25) is 0 Å². The van der Waals surface area contributed by atoms with E-state index in [2.05, 4.69) is 49.6 Å². The van der Waals surface area contributed by atoms with Crippen molar-refractivity contribution >= 4 is 29.2 Å². The normalized spacial score (nSPS) is 10.7. The largest absolute Gasteiger partial charge is 0.493 e. The number of nitrogens with one attached hydrogen (secondary N) is 2. The summed E-state index contributed by atoms with van der Waals surface area (Å²) < 4.78 is 11.5. The number of thiocarbonyl (C=S) groups is 1. The van der Waals surface area contributed by atoms with Crippen molar-refractivity contribution in [2.24, 2.45) is 5.10 Å². The quantitative estimate of drug-likeness (QED) is 0.345. The van der Waals surface area contributed by atoms with Gasteiger partial charge in [-0.05, 0) is 68.2 Å². The van der Waals surface area contributed by atoms with Gasteiger partial charge in [-0.3, -0.25) is 5.43 Å². The lowest BCUT2D eigenvalue weighted by Gasteiger charge is -2.12. The van der Waals surface area contributed by atoms with Crippen LogP contribution in [0, 0.1) is 13.8 Å². The fourth-order valence-electron chi connectivity index (χ4n) is 2.47. The maximum absolute atomic E-state index is 5.84. The molecule has 150 valence electrons. The molecule has 2 rings (SSSR count). The van der Waals surface area contributed by atoms with Gasteiger partial charge in [-0.2, -0.15) is 5.10 Å². The van der Waals surface area contributed by atoms with E-state index in [0.717, 1.165) is 41.2 Å². The second-order valence-electron chi connectivity index (χ2n) is 6.47. The first-order valence-electron chi connectivity index (χ1n) is 9.61. The number of hydrogen-bond acceptors (Lipinski definition) is 4. The van der Waals surface area contributed by atoms with E-state index >= 15 is 0 Å². The Hall–Kier alpha value is -2.60. The van der Waals surface area contributed by atoms with Crippen molar-refractivity contribution in [2.45, 2.75) is 40.5 Å². The fourth-order valence-corrected chi connectivity index (χ4v) is 2.63. The van der Waals surface area contributed by atoms with Crippen molar-refractivity contribution in [3.63, 3.8) is 0 Å². The van der Waals surface area contributed by atoms with E-state index in [9.17, 15) is 0 Å². The number of aryl methyl sites for hydroxylation is 1. The molecule has 0 aliphatic rings. The first-order chi connectivity index (χ1) is 13.5. The minimum absolute atomic E-state index is 0.434. The third-order valence-electron chi connectivity index (χ3n) is 4.14. The van der Waals surface area contributed by atoms with Gasteiger partial charge in [0.2, 0.25) is 0 Å². The molecule has 0 saturated heterocycles. The lowest BCUT2D eigenvalue weighted by Crippen LogP contribution is -2.24. The SMILES string of the molecule is CCCOc1ccc(/C=N/NC(=S)Nc2cccc(C)c2C)c(OCCC)c1. The van der Waals surface area contributed by atoms with Crippen LogP contribution in [0.15, 0.2) is 41.5 Å². The summed E-state index contributed by atoms with van der Waals surface area (Å²) in [5.74, 6) is 1.54. The molecular formula is C22H29N3O2S. The Morgan fingerprint density at radius 2 is 1.82 bits per heavy atom. The van der Waals surface area contributed by atoms with E-state index in [4.69, 9.17) is 21.7 Å². The van der Waals surface area contributed by atoms with E-state index in [0.29, 0.717) is 18.3 Å². The standard InChI is InChI=1S/C22H29N3O2S/c1-5-12-26-19-11-10-18(21(14-19)27-13-6-2)15-23-25-22(28)24-20-9-7-8-16(3)17(20)4/h7-11,14-15H,5-6,12-13H2,1-4H3,(H2,24,25,28)/b23-15+. The van der Waals surface area contributed by atoms with Gasteiger partial charge in [-0.1, -0.05) is 26.0 Å². The molecule has 0 aliphatic heterocycles. The van der Waals surface area contributed by atoms with E-state index in [-0.39, 0.29) is 0 Å². The minimum Gasteiger partial charge on any atom is -0.493 e. The zero-order valence-corrected chi connectivity index (χ0v) is 17.9. The van der Waals surface area contributed by atoms with E-state index in [1.807, 2.05) is 30.3 Å². The smallest absolute Gasteiger partial charge is 0.191 e. The Balaban J connectivity index is 2.03. The molecule has 0 saturated carbocycles. The van der Waals surface area contributed by atoms with Crippen LogP contribution in [-0.2, 0) is 0 Å². The molecule has 0 unspecified atom stereocenters. The number of rotatable bonds is 9. The Morgan fingerprint density at radius 1 is 1.07 bits per heavy atom. The molecule has 2 N–H and O–H groups in total. The van der Waals surface area contributed by atoms with Gasteiger partial charge in [0.1, 0.15) is 11.5 Å². The van der Waals surface area contributed by atoms with Gasteiger partial charge < -0.3 is 14.8 Å². The predicted molar refractivity (Wildman–Crippen MR) is 121 cm³/mol. The molecule has 0 heterocycles. The van der Waals surface area contributed by atoms with Crippen LogP contribution in [0.5, 0.6) is 11.5 Å². The molecule has 2 aromatic carbocycles. The van der Waals surface area contributed by atoms with Crippen molar-refractivity contribution < 1.29 is 9.47 Å². The molecule has 0 atom stereocenters. The van der Waals surface area contributed by atoms with Crippen LogP contribution in [-0.4, -0.2) is 24.5 Å². The highest BCUT2D eigenvalue weighted by Crippen LogP contribution is 2.24. The maximum Gasteiger partial charge on any atom is 0.191 e. The highest BCUT2D eigenvalue weighted by Gasteiger charge is 2.06. The molecule has 28 heavy (non-hydrogen) atoms. The van der Waals surface area contributed by atoms with Gasteiger partial charge in [0.25, 0.3) is 0 Å². The molecule has 0 aromatic heterocycles. The first kappa shape index (κ1) is 21.7. The van der Waals surface area contributed by atoms with Crippen LogP contribution in [0.1, 0.15) is 43.4 Å². The summed E-state index contributed by atoms with van der Waals surface area (Å²) in [6, 6.07) is 11.8. The third-order valence-corrected chi connectivity index (χ3v) is 4.34. The van der Waals surface area contributed by atoms with Crippen molar-refractivity contribution in [1.82, 2.24) is 5.43 Å². The van der Waals surface area contributed by atoms with Gasteiger partial charge in [0.15, 0.2) is 5.11 Å². The molecular weight excluding hydrogens is 370 g/mol. The Morgan fingerprint density at radius 3 is 2.57 bits per heavy atom. The molecule has 0 spiro atoms. The number of hydrazone groups is 1. The second kappa shape index (κ2) is 11.3.